The van der Waals surface area contributed by atoms with Crippen molar-refractivity contribution >= 4 is 27.8 Å². The van der Waals surface area contributed by atoms with Gasteiger partial charge in [-0.25, -0.2) is 4.79 Å². The molecule has 8 nitrogen and oxygen atoms in total. The van der Waals surface area contributed by atoms with Gasteiger partial charge in [-0.2, -0.15) is 0 Å². The number of amides is 1. The van der Waals surface area contributed by atoms with Crippen LogP contribution in [0, 0.1) is 5.92 Å². The van der Waals surface area contributed by atoms with E-state index >= 15 is 0 Å². The lowest BCUT2D eigenvalue weighted by Crippen LogP contribution is -2.43. The highest BCUT2D eigenvalue weighted by Gasteiger charge is 2.41. The smallest absolute Gasteiger partial charge is 0.339 e. The number of esters is 1. The predicted octanol–water partition coefficient (Wildman–Crippen LogP) is 6.96. The van der Waals surface area contributed by atoms with Crippen molar-refractivity contribution in [3.63, 3.8) is 0 Å². The number of rotatable bonds is 9. The fourth-order valence-corrected chi connectivity index (χ4v) is 7.29. The molecule has 224 valence electrons. The fourth-order valence-electron chi connectivity index (χ4n) is 6.63. The van der Waals surface area contributed by atoms with E-state index in [4.69, 9.17) is 4.74 Å². The second-order valence-corrected chi connectivity index (χ2v) is 12.6. The number of aryl methyl sites for hydroxylation is 1. The second-order valence-electron chi connectivity index (χ2n) is 11.8. The molecule has 1 aliphatic heterocycles. The Hall–Kier alpha value is -3.72. The molecule has 1 amide bonds. The summed E-state index contributed by atoms with van der Waals surface area (Å²) in [7, 11) is 3.30. The Bertz CT molecular complexity index is 1640. The Kier molecular flexibility index (Phi) is 8.52. The summed E-state index contributed by atoms with van der Waals surface area (Å²) in [5.41, 5.74) is 6.10. The van der Waals surface area contributed by atoms with E-state index in [-0.39, 0.29) is 11.9 Å². The van der Waals surface area contributed by atoms with Crippen LogP contribution in [0.2, 0.25) is 0 Å². The minimum absolute atomic E-state index is 0.0977. The molecule has 1 saturated heterocycles. The van der Waals surface area contributed by atoms with Crippen molar-refractivity contribution in [1.82, 2.24) is 24.5 Å². The van der Waals surface area contributed by atoms with Crippen molar-refractivity contribution in [2.24, 2.45) is 13.0 Å². The molecule has 2 fully saturated rings. The standard InChI is InChI=1S/C34H38BrN5O3/c1-4-9-24-11-5-6-16-40(24)33(41)28-14-8-13-26(32(28)35)22-10-7-12-25(18-22)39-17-15-27(34(42)43-3)31(39)20-23-19-29(23)30-21-38(2)37-36-30/h7-8,10,12-15,17-18,21,23-24,29H,4-6,9,11,16,19-20H2,1-3H3/t23-,24+,29+/m0/s1. The molecule has 3 heterocycles. The van der Waals surface area contributed by atoms with Crippen molar-refractivity contribution < 1.29 is 14.3 Å². The summed E-state index contributed by atoms with van der Waals surface area (Å²) in [5, 5.41) is 8.40. The largest absolute Gasteiger partial charge is 0.465 e. The first kappa shape index (κ1) is 29.4. The molecule has 2 aromatic carbocycles. The van der Waals surface area contributed by atoms with Crippen LogP contribution >= 0.6 is 15.9 Å². The number of likely N-dealkylation sites (tertiary alicyclic amines) is 1. The zero-order valence-electron chi connectivity index (χ0n) is 25.0. The van der Waals surface area contributed by atoms with Gasteiger partial charge in [0.15, 0.2) is 0 Å². The van der Waals surface area contributed by atoms with Crippen molar-refractivity contribution in [3.8, 4) is 16.8 Å². The van der Waals surface area contributed by atoms with Crippen LogP contribution < -0.4 is 0 Å². The summed E-state index contributed by atoms with van der Waals surface area (Å²) < 4.78 is 9.77. The zero-order chi connectivity index (χ0) is 30.1. The van der Waals surface area contributed by atoms with Gasteiger partial charge in [-0.3, -0.25) is 9.48 Å². The van der Waals surface area contributed by atoms with E-state index in [0.717, 1.165) is 77.7 Å². The number of hydrogen-bond donors (Lipinski definition) is 0. The first-order valence-electron chi connectivity index (χ1n) is 15.2. The summed E-state index contributed by atoms with van der Waals surface area (Å²) in [6.45, 7) is 3.00. The summed E-state index contributed by atoms with van der Waals surface area (Å²) in [6.07, 6.45) is 11.1. The van der Waals surface area contributed by atoms with E-state index in [0.29, 0.717) is 29.0 Å². The first-order valence-corrected chi connectivity index (χ1v) is 16.0. The minimum atomic E-state index is -0.338. The van der Waals surface area contributed by atoms with Crippen LogP contribution in [0.5, 0.6) is 0 Å². The summed E-state index contributed by atoms with van der Waals surface area (Å²) in [5.74, 6) is 0.470. The third-order valence-electron chi connectivity index (χ3n) is 8.95. The number of benzene rings is 2. The number of methoxy groups -OCH3 is 1. The van der Waals surface area contributed by atoms with Crippen LogP contribution in [0.1, 0.15) is 83.5 Å². The molecule has 9 heteroatoms. The van der Waals surface area contributed by atoms with Gasteiger partial charge in [-0.15, -0.1) is 5.10 Å². The Morgan fingerprint density at radius 3 is 2.70 bits per heavy atom. The predicted molar refractivity (Wildman–Crippen MR) is 169 cm³/mol. The monoisotopic (exact) mass is 643 g/mol. The average Bonchev–Trinajstić information content (AvgIpc) is 3.44. The maximum Gasteiger partial charge on any atom is 0.339 e. The van der Waals surface area contributed by atoms with Gasteiger partial charge in [0, 0.05) is 53.8 Å². The van der Waals surface area contributed by atoms with Crippen molar-refractivity contribution in [1.29, 1.82) is 0 Å². The Morgan fingerprint density at radius 2 is 1.93 bits per heavy atom. The molecule has 6 rings (SSSR count). The zero-order valence-corrected chi connectivity index (χ0v) is 26.6. The third-order valence-corrected chi connectivity index (χ3v) is 9.80. The van der Waals surface area contributed by atoms with E-state index in [1.54, 1.807) is 4.68 Å². The summed E-state index contributed by atoms with van der Waals surface area (Å²) >= 11 is 3.82. The second kappa shape index (κ2) is 12.5. The molecule has 1 saturated carbocycles. The molecule has 1 aliphatic carbocycles. The van der Waals surface area contributed by atoms with Crippen molar-refractivity contribution in [2.45, 2.75) is 63.8 Å². The van der Waals surface area contributed by atoms with Gasteiger partial charge in [0.05, 0.1) is 23.9 Å². The number of carbonyl (C=O) groups excluding carboxylic acids is 2. The Balaban J connectivity index is 1.31. The highest BCUT2D eigenvalue weighted by Crippen LogP contribution is 2.49. The van der Waals surface area contributed by atoms with Gasteiger partial charge in [-0.05, 0) is 95.8 Å². The highest BCUT2D eigenvalue weighted by atomic mass is 79.9. The lowest BCUT2D eigenvalue weighted by molar-refractivity contribution is 0.0591. The number of halogens is 1. The minimum Gasteiger partial charge on any atom is -0.465 e. The number of hydrogen-bond acceptors (Lipinski definition) is 5. The number of ether oxygens (including phenoxy) is 1. The van der Waals surface area contributed by atoms with Gasteiger partial charge in [0.1, 0.15) is 0 Å². The lowest BCUT2D eigenvalue weighted by atomic mass is 9.96. The summed E-state index contributed by atoms with van der Waals surface area (Å²) in [6, 6.07) is 16.3. The molecule has 2 aliphatic rings. The first-order chi connectivity index (χ1) is 20.9. The normalized spacial score (nSPS) is 19.8. The van der Waals surface area contributed by atoms with E-state index in [9.17, 15) is 9.59 Å². The topological polar surface area (TPSA) is 82.3 Å². The van der Waals surface area contributed by atoms with Crippen molar-refractivity contribution in [2.75, 3.05) is 13.7 Å². The molecular formula is C34H38BrN5O3. The molecular weight excluding hydrogens is 606 g/mol. The average molecular weight is 645 g/mol. The van der Waals surface area contributed by atoms with Gasteiger partial charge >= 0.3 is 5.97 Å². The van der Waals surface area contributed by atoms with Crippen molar-refractivity contribution in [3.05, 3.63) is 87.9 Å². The van der Waals surface area contributed by atoms with E-state index in [1.807, 2.05) is 55.8 Å². The molecule has 43 heavy (non-hydrogen) atoms. The highest BCUT2D eigenvalue weighted by molar-refractivity contribution is 9.10. The SMILES string of the molecule is CCC[C@@H]1CCCCN1C(=O)c1cccc(-c2cccc(-n3ccc(C(=O)OC)c3C[C@@H]3C[C@H]3c3cn(C)nn3)c2)c1Br. The molecule has 4 aromatic rings. The summed E-state index contributed by atoms with van der Waals surface area (Å²) in [4.78, 5) is 28.6. The molecule has 2 aromatic heterocycles. The molecule has 0 N–H and O–H groups in total. The maximum absolute atomic E-state index is 13.8. The number of aromatic nitrogens is 4. The van der Waals surface area contributed by atoms with E-state index < -0.39 is 0 Å². The number of piperidine rings is 1. The van der Waals surface area contributed by atoms with E-state index in [2.05, 4.69) is 54.8 Å². The van der Waals surface area contributed by atoms with Crippen LogP contribution in [0.15, 0.2) is 65.4 Å². The van der Waals surface area contributed by atoms with Crippen LogP contribution in [0.3, 0.4) is 0 Å². The van der Waals surface area contributed by atoms with Gasteiger partial charge in [0.25, 0.3) is 5.91 Å². The van der Waals surface area contributed by atoms with Crippen LogP contribution in [-0.2, 0) is 18.2 Å². The van der Waals surface area contributed by atoms with Gasteiger partial charge in [0.2, 0.25) is 0 Å². The Labute approximate surface area is 261 Å². The molecule has 0 radical (unpaired) electrons. The molecule has 0 spiro atoms. The van der Waals surface area contributed by atoms with Crippen LogP contribution in [0.4, 0.5) is 0 Å². The van der Waals surface area contributed by atoms with Gasteiger partial charge in [-0.1, -0.05) is 42.8 Å². The maximum atomic E-state index is 13.8. The molecule has 0 unspecified atom stereocenters. The third kappa shape index (κ3) is 5.92. The van der Waals surface area contributed by atoms with Crippen LogP contribution in [-0.4, -0.2) is 56.0 Å². The van der Waals surface area contributed by atoms with Gasteiger partial charge < -0.3 is 14.2 Å². The number of carbonyl (C=O) groups is 2. The van der Waals surface area contributed by atoms with E-state index in [1.165, 1.54) is 13.5 Å². The van der Waals surface area contributed by atoms with Crippen LogP contribution in [0.25, 0.3) is 16.8 Å². The lowest BCUT2D eigenvalue weighted by Gasteiger charge is -2.36. The molecule has 0 bridgehead atoms. The number of nitrogens with zero attached hydrogens (tertiary/aromatic N) is 5. The Morgan fingerprint density at radius 1 is 1.09 bits per heavy atom. The quantitative estimate of drug-likeness (QED) is 0.184. The fraction of sp³-hybridized carbons (Fsp3) is 0.412. The molecule has 3 atom stereocenters.